The van der Waals surface area contributed by atoms with Crippen molar-refractivity contribution < 1.29 is 16.5 Å². The van der Waals surface area contributed by atoms with Crippen LogP contribution < -0.4 is 5.73 Å². The Kier molecular flexibility index (Phi) is 13.5. The zero-order valence-electron chi connectivity index (χ0n) is 4.99. The molecule has 0 bridgehead atoms. The molecule has 0 aromatic heterocycles. The van der Waals surface area contributed by atoms with Gasteiger partial charge in [0, 0.05) is 0 Å². The summed E-state index contributed by atoms with van der Waals surface area (Å²) in [7, 11) is 2.75. The van der Waals surface area contributed by atoms with Crippen LogP contribution in [0.2, 0.25) is 0 Å². The monoisotopic (exact) mass is 165 g/mol. The quantitative estimate of drug-likeness (QED) is 0.454. The molecule has 1 aromatic rings. The summed E-state index contributed by atoms with van der Waals surface area (Å²) in [6, 6.07) is 12.5. The van der Waals surface area contributed by atoms with E-state index in [2.05, 4.69) is 18.8 Å². The van der Waals surface area contributed by atoms with E-state index < -0.39 is 0 Å². The van der Waals surface area contributed by atoms with Crippen LogP contribution in [0.25, 0.3) is 0 Å². The Hall–Kier alpha value is -0.326. The molecule has 0 amide bonds. The zero-order valence-corrected chi connectivity index (χ0v) is 5.98. The zero-order chi connectivity index (χ0) is 6.24. The summed E-state index contributed by atoms with van der Waals surface area (Å²) in [5, 5.41) is 0. The standard InChI is InChI=1S/C6H5.CH4N.Ni/c1-2-4-6-5-3-1;1-2;/h1-5H;1-2H2;/q2*-1;+2. The van der Waals surface area contributed by atoms with Crippen LogP contribution >= 0.6 is 0 Å². The van der Waals surface area contributed by atoms with Gasteiger partial charge < -0.3 is 5.73 Å². The molecule has 1 rings (SSSR count). The average Bonchev–Trinajstić information content (AvgIpc) is 1.96. The minimum atomic E-state index is 0. The van der Waals surface area contributed by atoms with Crippen LogP contribution in [0, 0.1) is 13.1 Å². The average molecular weight is 166 g/mol. The Morgan fingerprint density at radius 3 is 1.56 bits per heavy atom. The third kappa shape index (κ3) is 7.67. The fourth-order valence-electron chi connectivity index (χ4n) is 0.342. The molecule has 0 aliphatic carbocycles. The van der Waals surface area contributed by atoms with Crippen molar-refractivity contribution in [3.8, 4) is 0 Å². The van der Waals surface area contributed by atoms with Crippen molar-refractivity contribution in [2.24, 2.45) is 5.73 Å². The van der Waals surface area contributed by atoms with Gasteiger partial charge in [-0.15, -0.1) is 0 Å². The van der Waals surface area contributed by atoms with Gasteiger partial charge in [-0.05, 0) is 0 Å². The van der Waals surface area contributed by atoms with Crippen molar-refractivity contribution in [3.05, 3.63) is 43.4 Å². The van der Waals surface area contributed by atoms with E-state index in [1.807, 2.05) is 30.3 Å². The first kappa shape index (κ1) is 11.5. The molecule has 0 aliphatic heterocycles. The van der Waals surface area contributed by atoms with E-state index >= 15 is 0 Å². The smallest absolute Gasteiger partial charge is 0.486 e. The Labute approximate surface area is 66.2 Å². The van der Waals surface area contributed by atoms with E-state index in [-0.39, 0.29) is 16.5 Å². The van der Waals surface area contributed by atoms with Crippen LogP contribution in [0.1, 0.15) is 0 Å². The molecule has 0 unspecified atom stereocenters. The molecule has 2 N–H and O–H groups in total. The van der Waals surface area contributed by atoms with Gasteiger partial charge in [0.1, 0.15) is 0 Å². The summed E-state index contributed by atoms with van der Waals surface area (Å²) in [4.78, 5) is 0. The van der Waals surface area contributed by atoms with Crippen molar-refractivity contribution in [1.29, 1.82) is 0 Å². The normalized spacial score (nSPS) is 6.00. The number of rotatable bonds is 0. The summed E-state index contributed by atoms with van der Waals surface area (Å²) in [5.74, 6) is 0. The SMILES string of the molecule is [CH2-]N.[Ni+2].[c-]1ccccc1. The van der Waals surface area contributed by atoms with E-state index in [1.165, 1.54) is 0 Å². The van der Waals surface area contributed by atoms with Gasteiger partial charge in [0.15, 0.2) is 0 Å². The van der Waals surface area contributed by atoms with E-state index in [4.69, 9.17) is 0 Å². The summed E-state index contributed by atoms with van der Waals surface area (Å²) in [5.41, 5.74) is 4.25. The maximum absolute atomic E-state index is 4.25. The molecule has 0 fully saturated rings. The van der Waals surface area contributed by atoms with Crippen LogP contribution in [0.3, 0.4) is 0 Å². The fraction of sp³-hybridized carbons (Fsp3) is 0. The summed E-state index contributed by atoms with van der Waals surface area (Å²) in [6.45, 7) is 0. The van der Waals surface area contributed by atoms with Crippen LogP contribution in [-0.2, 0) is 16.5 Å². The van der Waals surface area contributed by atoms with E-state index in [0.29, 0.717) is 0 Å². The Morgan fingerprint density at radius 1 is 1.00 bits per heavy atom. The fourth-order valence-corrected chi connectivity index (χ4v) is 0.342. The topological polar surface area (TPSA) is 26.0 Å². The molecular formula is C7H9NNi. The van der Waals surface area contributed by atoms with Crippen molar-refractivity contribution >= 4 is 0 Å². The molecule has 0 saturated carbocycles. The molecule has 0 atom stereocenters. The Bertz CT molecular complexity index is 80.8. The molecule has 1 nitrogen and oxygen atoms in total. The molecule has 0 heterocycles. The van der Waals surface area contributed by atoms with Crippen LogP contribution in [0.5, 0.6) is 0 Å². The van der Waals surface area contributed by atoms with Gasteiger partial charge in [0.2, 0.25) is 0 Å². The minimum absolute atomic E-state index is 0. The second kappa shape index (κ2) is 10.6. The Balaban J connectivity index is 0. The maximum Gasteiger partial charge on any atom is 2.00 e. The van der Waals surface area contributed by atoms with Gasteiger partial charge in [-0.2, -0.15) is 36.4 Å². The van der Waals surface area contributed by atoms with Crippen LogP contribution in [0.4, 0.5) is 0 Å². The van der Waals surface area contributed by atoms with Crippen LogP contribution in [-0.4, -0.2) is 0 Å². The second-order valence-corrected chi connectivity index (χ2v) is 1.08. The summed E-state index contributed by atoms with van der Waals surface area (Å²) in [6.07, 6.45) is 0. The van der Waals surface area contributed by atoms with Crippen molar-refractivity contribution in [1.82, 2.24) is 0 Å². The van der Waals surface area contributed by atoms with Gasteiger partial charge in [0.05, 0.1) is 0 Å². The molecule has 0 spiro atoms. The van der Waals surface area contributed by atoms with Gasteiger partial charge in [-0.25, -0.2) is 0 Å². The number of hydrogen-bond acceptors (Lipinski definition) is 1. The first-order chi connectivity index (χ1) is 4.00. The number of nitrogens with two attached hydrogens (primary N) is 1. The largest absolute Gasteiger partial charge is 2.00 e. The summed E-state index contributed by atoms with van der Waals surface area (Å²) < 4.78 is 0. The first-order valence-corrected chi connectivity index (χ1v) is 2.32. The third-order valence-electron chi connectivity index (χ3n) is 0.607. The van der Waals surface area contributed by atoms with Gasteiger partial charge in [-0.1, -0.05) is 0 Å². The van der Waals surface area contributed by atoms with E-state index in [9.17, 15) is 0 Å². The molecule has 0 aliphatic rings. The molecule has 2 heteroatoms. The van der Waals surface area contributed by atoms with Gasteiger partial charge in [0.25, 0.3) is 0 Å². The van der Waals surface area contributed by atoms with Crippen molar-refractivity contribution in [2.75, 3.05) is 0 Å². The molecule has 1 aromatic carbocycles. The Morgan fingerprint density at radius 2 is 1.44 bits per heavy atom. The van der Waals surface area contributed by atoms with Crippen molar-refractivity contribution in [3.63, 3.8) is 0 Å². The number of benzene rings is 1. The first-order valence-electron chi connectivity index (χ1n) is 2.32. The van der Waals surface area contributed by atoms with E-state index in [0.717, 1.165) is 0 Å². The summed E-state index contributed by atoms with van der Waals surface area (Å²) >= 11 is 0. The third-order valence-corrected chi connectivity index (χ3v) is 0.607. The minimum Gasteiger partial charge on any atom is -0.486 e. The van der Waals surface area contributed by atoms with Crippen molar-refractivity contribution in [2.45, 2.75) is 0 Å². The second-order valence-electron chi connectivity index (χ2n) is 1.08. The van der Waals surface area contributed by atoms with E-state index in [1.54, 1.807) is 0 Å². The predicted octanol–water partition coefficient (Wildman–Crippen LogP) is 1.22. The molecular weight excluding hydrogens is 157 g/mol. The maximum atomic E-state index is 4.25. The molecule has 0 saturated heterocycles. The predicted molar refractivity (Wildman–Crippen MR) is 34.8 cm³/mol. The molecule has 52 valence electrons. The van der Waals surface area contributed by atoms with Crippen LogP contribution in [0.15, 0.2) is 30.3 Å². The van der Waals surface area contributed by atoms with Gasteiger partial charge >= 0.3 is 16.5 Å². The van der Waals surface area contributed by atoms with Gasteiger partial charge in [-0.3, -0.25) is 7.05 Å². The number of hydrogen-bond donors (Lipinski definition) is 1. The molecule has 0 radical (unpaired) electrons. The molecule has 9 heavy (non-hydrogen) atoms.